The zero-order chi connectivity index (χ0) is 8.81. The molecule has 0 nitrogen and oxygen atoms in total. The number of halogens is 2. The third kappa shape index (κ3) is 2.69. The van der Waals surface area contributed by atoms with Gasteiger partial charge in [-0.2, -0.15) is 0 Å². The van der Waals surface area contributed by atoms with Crippen molar-refractivity contribution in [2.75, 3.05) is 11.8 Å². The summed E-state index contributed by atoms with van der Waals surface area (Å²) in [4.78, 5) is 0. The highest BCUT2D eigenvalue weighted by Crippen LogP contribution is 2.20. The second-order valence-electron chi connectivity index (χ2n) is 2.74. The predicted octanol–water partition coefficient (Wildman–Crippen LogP) is 3.64. The van der Waals surface area contributed by atoms with E-state index in [1.807, 2.05) is 18.2 Å². The molecular formula is C10H12Cl2. The van der Waals surface area contributed by atoms with Gasteiger partial charge in [0.1, 0.15) is 0 Å². The van der Waals surface area contributed by atoms with Gasteiger partial charge in [0.05, 0.1) is 0 Å². The highest BCUT2D eigenvalue weighted by Gasteiger charge is 2.07. The summed E-state index contributed by atoms with van der Waals surface area (Å²) in [6, 6.07) is 10.3. The van der Waals surface area contributed by atoms with Crippen LogP contribution in [0.2, 0.25) is 0 Å². The predicted molar refractivity (Wildman–Crippen MR) is 55.2 cm³/mol. The van der Waals surface area contributed by atoms with Crippen LogP contribution in [0.25, 0.3) is 0 Å². The highest BCUT2D eigenvalue weighted by molar-refractivity contribution is 6.19. The van der Waals surface area contributed by atoms with E-state index in [2.05, 4.69) is 12.1 Å². The lowest BCUT2D eigenvalue weighted by atomic mass is 9.99. The third-order valence-corrected chi connectivity index (χ3v) is 2.51. The van der Waals surface area contributed by atoms with Gasteiger partial charge in [-0.05, 0) is 17.9 Å². The van der Waals surface area contributed by atoms with Crippen molar-refractivity contribution in [1.82, 2.24) is 0 Å². The van der Waals surface area contributed by atoms with E-state index in [9.17, 15) is 0 Å². The summed E-state index contributed by atoms with van der Waals surface area (Å²) >= 11 is 11.5. The summed E-state index contributed by atoms with van der Waals surface area (Å²) in [6.07, 6.45) is 0.953. The number of rotatable bonds is 4. The van der Waals surface area contributed by atoms with Crippen molar-refractivity contribution in [3.63, 3.8) is 0 Å². The highest BCUT2D eigenvalue weighted by atomic mass is 35.5. The van der Waals surface area contributed by atoms with Gasteiger partial charge in [0.15, 0.2) is 0 Å². The van der Waals surface area contributed by atoms with Gasteiger partial charge < -0.3 is 0 Å². The molecule has 0 fully saturated rings. The Kier molecular flexibility index (Phi) is 4.49. The second kappa shape index (κ2) is 5.45. The summed E-state index contributed by atoms with van der Waals surface area (Å²) in [5.74, 6) is 1.73. The van der Waals surface area contributed by atoms with E-state index in [-0.39, 0.29) is 0 Å². The lowest BCUT2D eigenvalue weighted by Crippen LogP contribution is -2.00. The molecular weight excluding hydrogens is 191 g/mol. The van der Waals surface area contributed by atoms with Crippen LogP contribution in [0.3, 0.4) is 0 Å². The number of hydrogen-bond acceptors (Lipinski definition) is 0. The summed E-state index contributed by atoms with van der Waals surface area (Å²) in [7, 11) is 0. The maximum absolute atomic E-state index is 5.82. The van der Waals surface area contributed by atoms with E-state index in [1.54, 1.807) is 0 Å². The van der Waals surface area contributed by atoms with Gasteiger partial charge in [-0.1, -0.05) is 30.3 Å². The normalized spacial score (nSPS) is 12.8. The SMILES string of the molecule is ClCCC(CCl)c1ccccc1. The van der Waals surface area contributed by atoms with Crippen LogP contribution in [0.15, 0.2) is 30.3 Å². The smallest absolute Gasteiger partial charge is 0.0292 e. The number of hydrogen-bond donors (Lipinski definition) is 0. The maximum Gasteiger partial charge on any atom is 0.0292 e. The summed E-state index contributed by atoms with van der Waals surface area (Å²) < 4.78 is 0. The number of alkyl halides is 2. The fraction of sp³-hybridized carbons (Fsp3) is 0.400. The first-order valence-electron chi connectivity index (χ1n) is 4.05. The first-order chi connectivity index (χ1) is 5.88. The molecule has 0 aliphatic heterocycles. The van der Waals surface area contributed by atoms with Gasteiger partial charge >= 0.3 is 0 Å². The van der Waals surface area contributed by atoms with Gasteiger partial charge in [0.25, 0.3) is 0 Å². The molecule has 0 aliphatic carbocycles. The molecule has 1 unspecified atom stereocenters. The molecule has 0 radical (unpaired) electrons. The minimum atomic E-state index is 0.408. The molecule has 1 aromatic rings. The first kappa shape index (κ1) is 9.88. The standard InChI is InChI=1S/C10H12Cl2/c11-7-6-10(8-12)9-4-2-1-3-5-9/h1-5,10H,6-8H2. The molecule has 0 saturated carbocycles. The Morgan fingerprint density at radius 3 is 2.25 bits per heavy atom. The molecule has 0 bridgehead atoms. The molecule has 2 heteroatoms. The van der Waals surface area contributed by atoms with Crippen LogP contribution in [0.1, 0.15) is 17.9 Å². The Bertz CT molecular complexity index is 208. The molecule has 1 aromatic carbocycles. The molecule has 0 spiro atoms. The molecule has 0 saturated heterocycles. The quantitative estimate of drug-likeness (QED) is 0.655. The average molecular weight is 203 g/mol. The van der Waals surface area contributed by atoms with Crippen molar-refractivity contribution in [3.05, 3.63) is 35.9 Å². The topological polar surface area (TPSA) is 0 Å². The van der Waals surface area contributed by atoms with E-state index >= 15 is 0 Å². The van der Waals surface area contributed by atoms with Gasteiger partial charge in [0.2, 0.25) is 0 Å². The molecule has 0 heterocycles. The zero-order valence-corrected chi connectivity index (χ0v) is 8.35. The van der Waals surface area contributed by atoms with Crippen LogP contribution < -0.4 is 0 Å². The summed E-state index contributed by atoms with van der Waals surface area (Å²) in [5, 5.41) is 0. The third-order valence-electron chi connectivity index (χ3n) is 1.91. The Balaban J connectivity index is 2.66. The zero-order valence-electron chi connectivity index (χ0n) is 6.84. The van der Waals surface area contributed by atoms with Crippen LogP contribution in [0, 0.1) is 0 Å². The van der Waals surface area contributed by atoms with Crippen LogP contribution in [0.5, 0.6) is 0 Å². The molecule has 1 atom stereocenters. The first-order valence-corrected chi connectivity index (χ1v) is 5.12. The molecule has 0 amide bonds. The van der Waals surface area contributed by atoms with E-state index in [4.69, 9.17) is 23.2 Å². The second-order valence-corrected chi connectivity index (χ2v) is 3.43. The minimum Gasteiger partial charge on any atom is -0.127 e. The van der Waals surface area contributed by atoms with Crippen LogP contribution in [-0.4, -0.2) is 11.8 Å². The van der Waals surface area contributed by atoms with E-state index in [0.717, 1.165) is 6.42 Å². The van der Waals surface area contributed by atoms with Crippen LogP contribution in [-0.2, 0) is 0 Å². The van der Waals surface area contributed by atoms with E-state index < -0.39 is 0 Å². The molecule has 0 aliphatic rings. The molecule has 0 aromatic heterocycles. The summed E-state index contributed by atoms with van der Waals surface area (Å²) in [6.45, 7) is 0. The molecule has 0 N–H and O–H groups in total. The Hall–Kier alpha value is -0.200. The Morgan fingerprint density at radius 1 is 1.08 bits per heavy atom. The van der Waals surface area contributed by atoms with E-state index in [0.29, 0.717) is 17.7 Å². The van der Waals surface area contributed by atoms with Gasteiger partial charge in [-0.25, -0.2) is 0 Å². The Morgan fingerprint density at radius 2 is 1.75 bits per heavy atom. The molecule has 1 rings (SSSR count). The molecule has 12 heavy (non-hydrogen) atoms. The fourth-order valence-electron chi connectivity index (χ4n) is 1.19. The van der Waals surface area contributed by atoms with Crippen LogP contribution >= 0.6 is 23.2 Å². The van der Waals surface area contributed by atoms with Gasteiger partial charge in [-0.3, -0.25) is 0 Å². The van der Waals surface area contributed by atoms with Crippen LogP contribution in [0.4, 0.5) is 0 Å². The van der Waals surface area contributed by atoms with E-state index in [1.165, 1.54) is 5.56 Å². The lowest BCUT2D eigenvalue weighted by Gasteiger charge is -2.11. The van der Waals surface area contributed by atoms with Crippen molar-refractivity contribution >= 4 is 23.2 Å². The number of benzene rings is 1. The van der Waals surface area contributed by atoms with Crippen molar-refractivity contribution in [3.8, 4) is 0 Å². The minimum absolute atomic E-state index is 0.408. The van der Waals surface area contributed by atoms with Crippen molar-refractivity contribution in [1.29, 1.82) is 0 Å². The fourth-order valence-corrected chi connectivity index (χ4v) is 1.79. The van der Waals surface area contributed by atoms with Gasteiger partial charge in [0, 0.05) is 11.8 Å². The Labute approximate surface area is 83.5 Å². The van der Waals surface area contributed by atoms with Crippen molar-refractivity contribution in [2.45, 2.75) is 12.3 Å². The largest absolute Gasteiger partial charge is 0.127 e. The lowest BCUT2D eigenvalue weighted by molar-refractivity contribution is 0.745. The van der Waals surface area contributed by atoms with Crippen molar-refractivity contribution in [2.24, 2.45) is 0 Å². The monoisotopic (exact) mass is 202 g/mol. The summed E-state index contributed by atoms with van der Waals surface area (Å²) in [5.41, 5.74) is 1.29. The average Bonchev–Trinajstić information content (AvgIpc) is 2.15. The maximum atomic E-state index is 5.82. The van der Waals surface area contributed by atoms with Crippen molar-refractivity contribution < 1.29 is 0 Å². The molecule has 66 valence electrons. The van der Waals surface area contributed by atoms with Gasteiger partial charge in [-0.15, -0.1) is 23.2 Å².